The van der Waals surface area contributed by atoms with E-state index in [9.17, 15) is 18.0 Å². The molecule has 2 aromatic carbocycles. The van der Waals surface area contributed by atoms with E-state index in [2.05, 4.69) is 9.62 Å². The van der Waals surface area contributed by atoms with Crippen molar-refractivity contribution in [2.75, 3.05) is 38.8 Å². The van der Waals surface area contributed by atoms with Crippen molar-refractivity contribution in [3.63, 3.8) is 0 Å². The van der Waals surface area contributed by atoms with E-state index >= 15 is 0 Å². The lowest BCUT2D eigenvalue weighted by Crippen LogP contribution is -2.52. The van der Waals surface area contributed by atoms with Crippen molar-refractivity contribution < 1.29 is 32.2 Å². The first-order chi connectivity index (χ1) is 22.1. The average Bonchev–Trinajstić information content (AvgIpc) is 3.05. The second-order valence-electron chi connectivity index (χ2n) is 12.8. The highest BCUT2D eigenvalue weighted by Crippen LogP contribution is 2.45. The molecule has 0 spiro atoms. The Hall–Kier alpha value is -2.92. The molecule has 0 aromatic heterocycles. The molecule has 0 radical (unpaired) electrons. The molecule has 1 amide bonds. The van der Waals surface area contributed by atoms with Crippen LogP contribution in [0.25, 0.3) is 0 Å². The second kappa shape index (κ2) is 14.9. The number of nitrogens with one attached hydrogen (secondary N) is 1. The van der Waals surface area contributed by atoms with E-state index in [-0.39, 0.29) is 36.3 Å². The van der Waals surface area contributed by atoms with Crippen LogP contribution in [0.5, 0.6) is 5.75 Å². The van der Waals surface area contributed by atoms with Gasteiger partial charge in [-0.15, -0.1) is 0 Å². The maximum atomic E-state index is 13.7. The van der Waals surface area contributed by atoms with Gasteiger partial charge in [0.15, 0.2) is 6.29 Å². The lowest BCUT2D eigenvalue weighted by molar-refractivity contribution is -0.135. The molecular weight excluding hydrogens is 628 g/mol. The molecular formula is C35H45ClN2O7S. The molecule has 0 saturated heterocycles. The molecule has 46 heavy (non-hydrogen) atoms. The Morgan fingerprint density at radius 3 is 2.67 bits per heavy atom. The number of nitrogens with zero attached hydrogens (tertiary/aromatic N) is 1. The predicted octanol–water partition coefficient (Wildman–Crippen LogP) is 5.73. The maximum Gasteiger partial charge on any atom is 0.264 e. The minimum Gasteiger partial charge on any atom is -0.487 e. The molecule has 2 aliphatic heterocycles. The van der Waals surface area contributed by atoms with E-state index in [0.29, 0.717) is 42.6 Å². The van der Waals surface area contributed by atoms with Crippen molar-refractivity contribution in [1.29, 1.82) is 0 Å². The molecule has 1 N–H and O–H groups in total. The molecule has 2 heterocycles. The van der Waals surface area contributed by atoms with Crippen LogP contribution in [0.15, 0.2) is 48.6 Å². The minimum atomic E-state index is -4.09. The smallest absolute Gasteiger partial charge is 0.264 e. The first-order valence-electron chi connectivity index (χ1n) is 16.1. The van der Waals surface area contributed by atoms with Crippen LogP contribution in [-0.2, 0) is 37.3 Å². The minimum absolute atomic E-state index is 0.0529. The molecule has 2 aromatic rings. The van der Waals surface area contributed by atoms with Gasteiger partial charge in [0.05, 0.1) is 10.9 Å². The van der Waals surface area contributed by atoms with Gasteiger partial charge in [-0.1, -0.05) is 30.7 Å². The number of allylic oxidation sites excluding steroid dienone is 1. The van der Waals surface area contributed by atoms with Crippen molar-refractivity contribution in [3.8, 4) is 5.75 Å². The van der Waals surface area contributed by atoms with Crippen molar-refractivity contribution in [2.45, 2.75) is 69.3 Å². The van der Waals surface area contributed by atoms with Crippen LogP contribution in [0.3, 0.4) is 0 Å². The molecule has 1 saturated carbocycles. The van der Waals surface area contributed by atoms with Crippen molar-refractivity contribution in [1.82, 2.24) is 4.72 Å². The topological polar surface area (TPSA) is 111 Å². The van der Waals surface area contributed by atoms with Gasteiger partial charge in [0.2, 0.25) is 10.0 Å². The van der Waals surface area contributed by atoms with Crippen LogP contribution in [0.1, 0.15) is 66.9 Å². The summed E-state index contributed by atoms with van der Waals surface area (Å²) >= 11 is 6.33. The number of benzene rings is 2. The number of carbonyl (C=O) groups excluding carboxylic acids is 2. The third kappa shape index (κ3) is 7.46. The number of hydrogen-bond donors (Lipinski definition) is 1. The Balaban J connectivity index is 1.59. The van der Waals surface area contributed by atoms with Gasteiger partial charge in [0.1, 0.15) is 18.0 Å². The highest BCUT2D eigenvalue weighted by atomic mass is 35.5. The van der Waals surface area contributed by atoms with E-state index < -0.39 is 26.8 Å². The Morgan fingerprint density at radius 2 is 1.96 bits per heavy atom. The zero-order valence-electron chi connectivity index (χ0n) is 26.9. The van der Waals surface area contributed by atoms with E-state index in [1.165, 1.54) is 7.11 Å². The molecule has 5 rings (SSSR count). The second-order valence-corrected chi connectivity index (χ2v) is 15.2. The average molecular weight is 673 g/mol. The third-order valence-electron chi connectivity index (χ3n) is 9.99. The standard InChI is InChI=1S/C35H45ClN2O7S/c1-24-7-6-16-35(23-39,44-3)30-13-10-27(30)21-38-17-5-4-8-25-19-29(36)12-9-28(25)22-45-32-14-11-26(20-31(32)38)34(40)37-46(41,42)33(24)15-18-43-2/h6,9,11-12,14,16,19-20,23-24,27,30,33H,4-5,7-8,10,13,15,17-18,21-22H2,1-3H3,(H,37,40)/b16-6+/t24-,27-,30+,33?,35-/m0/s1. The van der Waals surface area contributed by atoms with Crippen LogP contribution in [0.2, 0.25) is 5.02 Å². The Bertz CT molecular complexity index is 1550. The number of halogens is 1. The van der Waals surface area contributed by atoms with Gasteiger partial charge in [0.25, 0.3) is 5.91 Å². The predicted molar refractivity (Wildman–Crippen MR) is 179 cm³/mol. The molecule has 1 fully saturated rings. The number of fused-ring (bicyclic) bond motifs is 3. The molecule has 1 aliphatic carbocycles. The fourth-order valence-electron chi connectivity index (χ4n) is 7.12. The lowest BCUT2D eigenvalue weighted by atomic mass is 9.64. The van der Waals surface area contributed by atoms with E-state index in [1.54, 1.807) is 25.3 Å². The van der Waals surface area contributed by atoms with Crippen molar-refractivity contribution >= 4 is 39.5 Å². The van der Waals surface area contributed by atoms with Gasteiger partial charge < -0.3 is 19.1 Å². The largest absolute Gasteiger partial charge is 0.487 e. The molecule has 3 aliphatic rings. The number of hydrogen-bond acceptors (Lipinski definition) is 8. The molecule has 9 nitrogen and oxygen atoms in total. The first kappa shape index (κ1) is 34.4. The number of aldehydes is 1. The van der Waals surface area contributed by atoms with E-state index in [0.717, 1.165) is 49.5 Å². The van der Waals surface area contributed by atoms with Gasteiger partial charge in [-0.25, -0.2) is 13.1 Å². The number of ether oxygens (including phenoxy) is 3. The number of methoxy groups -OCH3 is 2. The summed E-state index contributed by atoms with van der Waals surface area (Å²) in [5.41, 5.74) is 2.02. The monoisotopic (exact) mass is 672 g/mol. The SMILES string of the molecule is COCCC1[C@@H](C)C/C=C/[C@@](C=O)(OC)[C@@H]2CC[C@H]2CN2CCCCc3cc(Cl)ccc3COc3ccc(cc32)C(=O)NS1(=O)=O. The Morgan fingerprint density at radius 1 is 1.13 bits per heavy atom. The van der Waals surface area contributed by atoms with E-state index in [4.69, 9.17) is 25.8 Å². The first-order valence-corrected chi connectivity index (χ1v) is 18.1. The fraction of sp³-hybridized carbons (Fsp3) is 0.543. The van der Waals surface area contributed by atoms with Gasteiger partial charge in [-0.3, -0.25) is 9.59 Å². The fourth-order valence-corrected chi connectivity index (χ4v) is 8.98. The van der Waals surface area contributed by atoms with Crippen LogP contribution >= 0.6 is 11.6 Å². The summed E-state index contributed by atoms with van der Waals surface area (Å²) in [5.74, 6) is -0.351. The number of aryl methyl sites for hydroxylation is 1. The molecule has 11 heteroatoms. The number of rotatable bonds is 5. The Kier molecular flexibility index (Phi) is 11.1. The molecule has 250 valence electrons. The summed E-state index contributed by atoms with van der Waals surface area (Å²) < 4.78 is 47.3. The number of carbonyl (C=O) groups is 2. The molecule has 2 bridgehead atoms. The number of sulfonamides is 1. The summed E-state index contributed by atoms with van der Waals surface area (Å²) in [7, 11) is -1.01. The van der Waals surface area contributed by atoms with Crippen LogP contribution in [0.4, 0.5) is 5.69 Å². The summed E-state index contributed by atoms with van der Waals surface area (Å²) in [6.45, 7) is 3.69. The highest BCUT2D eigenvalue weighted by molar-refractivity contribution is 7.90. The van der Waals surface area contributed by atoms with E-state index in [1.807, 2.05) is 37.3 Å². The summed E-state index contributed by atoms with van der Waals surface area (Å²) in [6, 6.07) is 10.9. The summed E-state index contributed by atoms with van der Waals surface area (Å²) in [5, 5.41) is -0.210. The van der Waals surface area contributed by atoms with Crippen molar-refractivity contribution in [3.05, 3.63) is 70.3 Å². The lowest BCUT2D eigenvalue weighted by Gasteiger charge is -2.47. The summed E-state index contributed by atoms with van der Waals surface area (Å²) in [6.07, 6.45) is 9.55. The summed E-state index contributed by atoms with van der Waals surface area (Å²) in [4.78, 5) is 28.5. The van der Waals surface area contributed by atoms with Gasteiger partial charge in [-0.05, 0) is 104 Å². The molecule has 5 atom stereocenters. The van der Waals surface area contributed by atoms with Gasteiger partial charge in [0, 0.05) is 50.4 Å². The number of amides is 1. The molecule has 1 unspecified atom stereocenters. The normalized spacial score (nSPS) is 29.0. The number of anilines is 1. The zero-order valence-corrected chi connectivity index (χ0v) is 28.4. The van der Waals surface area contributed by atoms with Crippen LogP contribution in [0, 0.1) is 17.8 Å². The Labute approximate surface area is 277 Å². The van der Waals surface area contributed by atoms with Crippen LogP contribution in [-0.4, -0.2) is 65.4 Å². The highest BCUT2D eigenvalue weighted by Gasteiger charge is 2.47. The van der Waals surface area contributed by atoms with Crippen LogP contribution < -0.4 is 14.4 Å². The van der Waals surface area contributed by atoms with Crippen molar-refractivity contribution in [2.24, 2.45) is 17.8 Å². The van der Waals surface area contributed by atoms with Gasteiger partial charge >= 0.3 is 0 Å². The zero-order chi connectivity index (χ0) is 32.9. The third-order valence-corrected chi connectivity index (χ3v) is 12.2. The van der Waals surface area contributed by atoms with Gasteiger partial charge in [-0.2, -0.15) is 0 Å². The quantitative estimate of drug-likeness (QED) is 0.317. The maximum absolute atomic E-state index is 13.7.